The summed E-state index contributed by atoms with van der Waals surface area (Å²) in [4.78, 5) is 0. The molecule has 0 atom stereocenters. The van der Waals surface area contributed by atoms with Gasteiger partial charge in [0.1, 0.15) is 9.84 Å². The maximum absolute atomic E-state index is 12.2. The van der Waals surface area contributed by atoms with Gasteiger partial charge in [-0.2, -0.15) is 0 Å². The molecule has 0 aromatic heterocycles. The zero-order valence-electron chi connectivity index (χ0n) is 10.7. The van der Waals surface area contributed by atoms with Crippen LogP contribution in [0.3, 0.4) is 0 Å². The molecule has 1 heterocycles. The Hall–Kier alpha value is -0.600. The van der Waals surface area contributed by atoms with Crippen molar-refractivity contribution in [3.63, 3.8) is 0 Å². The number of alkyl halides is 1. The number of rotatable bonds is 4. The van der Waals surface area contributed by atoms with Crippen molar-refractivity contribution in [1.82, 2.24) is 0 Å². The third-order valence-corrected chi connectivity index (χ3v) is 7.54. The number of nitrogens with one attached hydrogen (secondary N) is 1. The molecule has 1 fully saturated rings. The fraction of sp³-hybridized carbons (Fsp3) is 0.500. The van der Waals surface area contributed by atoms with Gasteiger partial charge in [0.05, 0.1) is 16.8 Å². The quantitative estimate of drug-likeness (QED) is 0.807. The minimum atomic E-state index is -3.53. The molecule has 0 bridgehead atoms. The lowest BCUT2D eigenvalue weighted by molar-refractivity contribution is 0.555. The van der Waals surface area contributed by atoms with Crippen molar-refractivity contribution in [2.45, 2.75) is 23.4 Å². The van der Waals surface area contributed by atoms with Gasteiger partial charge in [-0.1, -0.05) is 28.1 Å². The normalized spacial score (nSPS) is 19.6. The highest BCUT2D eigenvalue weighted by Crippen LogP contribution is 2.22. The maximum atomic E-state index is 12.2. The van der Waals surface area contributed by atoms with Gasteiger partial charge in [-0.3, -0.25) is 4.72 Å². The molecule has 1 saturated heterocycles. The summed E-state index contributed by atoms with van der Waals surface area (Å²) in [5.41, 5.74) is 1.56. The molecule has 8 heteroatoms. The Labute approximate surface area is 127 Å². The number of hydrogen-bond acceptors (Lipinski definition) is 4. The Bertz CT molecular complexity index is 654. The number of sulfonamides is 1. The van der Waals surface area contributed by atoms with Crippen molar-refractivity contribution in [3.8, 4) is 0 Å². The van der Waals surface area contributed by atoms with Gasteiger partial charge >= 0.3 is 0 Å². The molecule has 1 aromatic carbocycles. The van der Waals surface area contributed by atoms with Crippen LogP contribution in [0.15, 0.2) is 24.3 Å². The van der Waals surface area contributed by atoms with Gasteiger partial charge in [0.2, 0.25) is 10.0 Å². The van der Waals surface area contributed by atoms with E-state index in [9.17, 15) is 16.8 Å². The SMILES string of the molecule is O=S1(=O)CCC(S(=O)(=O)Nc2ccc(CBr)cc2)CC1. The van der Waals surface area contributed by atoms with Crippen molar-refractivity contribution < 1.29 is 16.8 Å². The van der Waals surface area contributed by atoms with E-state index in [1.54, 1.807) is 12.1 Å². The van der Waals surface area contributed by atoms with Crippen molar-refractivity contribution in [2.75, 3.05) is 16.2 Å². The van der Waals surface area contributed by atoms with E-state index < -0.39 is 25.1 Å². The van der Waals surface area contributed by atoms with Crippen molar-refractivity contribution in [2.24, 2.45) is 0 Å². The third-order valence-electron chi connectivity index (χ3n) is 3.31. The van der Waals surface area contributed by atoms with E-state index >= 15 is 0 Å². The summed E-state index contributed by atoms with van der Waals surface area (Å²) in [6, 6.07) is 7.07. The second kappa shape index (κ2) is 6.03. The van der Waals surface area contributed by atoms with E-state index in [0.717, 1.165) is 5.56 Å². The molecule has 20 heavy (non-hydrogen) atoms. The van der Waals surface area contributed by atoms with Gasteiger partial charge in [0, 0.05) is 11.0 Å². The van der Waals surface area contributed by atoms with Crippen LogP contribution in [0.2, 0.25) is 0 Å². The molecule has 0 radical (unpaired) electrons. The topological polar surface area (TPSA) is 80.3 Å². The highest BCUT2D eigenvalue weighted by atomic mass is 79.9. The van der Waals surface area contributed by atoms with E-state index in [1.807, 2.05) is 12.1 Å². The van der Waals surface area contributed by atoms with E-state index in [1.165, 1.54) is 0 Å². The first-order valence-corrected chi connectivity index (χ1v) is 10.7. The first-order valence-electron chi connectivity index (χ1n) is 6.19. The summed E-state index contributed by atoms with van der Waals surface area (Å²) in [6.45, 7) is 0. The molecule has 1 aliphatic heterocycles. The first kappa shape index (κ1) is 15.8. The lowest BCUT2D eigenvalue weighted by Crippen LogP contribution is -2.35. The standard InChI is InChI=1S/C12H16BrNO4S2/c13-9-10-1-3-11(4-2-10)14-20(17,18)12-5-7-19(15,16)8-6-12/h1-4,12,14H,5-9H2. The molecule has 0 aliphatic carbocycles. The van der Waals surface area contributed by atoms with Crippen molar-refractivity contribution in [3.05, 3.63) is 29.8 Å². The van der Waals surface area contributed by atoms with Gasteiger partial charge in [-0.15, -0.1) is 0 Å². The van der Waals surface area contributed by atoms with Gasteiger partial charge < -0.3 is 0 Å². The molecule has 1 N–H and O–H groups in total. The number of hydrogen-bond donors (Lipinski definition) is 1. The zero-order chi connectivity index (χ0) is 14.8. The van der Waals surface area contributed by atoms with E-state index in [2.05, 4.69) is 20.7 Å². The number of anilines is 1. The average molecular weight is 382 g/mol. The highest BCUT2D eigenvalue weighted by molar-refractivity contribution is 9.08. The molecule has 0 saturated carbocycles. The largest absolute Gasteiger partial charge is 0.283 e. The molecule has 0 unspecified atom stereocenters. The molecule has 1 aromatic rings. The Balaban J connectivity index is 2.07. The maximum Gasteiger partial charge on any atom is 0.235 e. The van der Waals surface area contributed by atoms with Crippen LogP contribution in [0.4, 0.5) is 5.69 Å². The minimum absolute atomic E-state index is 0.0545. The smallest absolute Gasteiger partial charge is 0.235 e. The van der Waals surface area contributed by atoms with Crippen LogP contribution in [-0.4, -0.2) is 33.6 Å². The molecular weight excluding hydrogens is 366 g/mol. The zero-order valence-corrected chi connectivity index (χ0v) is 14.0. The summed E-state index contributed by atoms with van der Waals surface area (Å²) < 4.78 is 49.6. The van der Waals surface area contributed by atoms with Crippen LogP contribution in [0.1, 0.15) is 18.4 Å². The monoisotopic (exact) mass is 381 g/mol. The van der Waals surface area contributed by atoms with Crippen LogP contribution in [-0.2, 0) is 25.2 Å². The predicted octanol–water partition coefficient (Wildman–Crippen LogP) is 1.90. The Morgan fingerprint density at radius 1 is 1.15 bits per heavy atom. The molecular formula is C12H16BrNO4S2. The first-order chi connectivity index (χ1) is 9.32. The van der Waals surface area contributed by atoms with Gasteiger partial charge in [0.25, 0.3) is 0 Å². The summed E-state index contributed by atoms with van der Waals surface area (Å²) in [5.74, 6) is -0.109. The molecule has 112 valence electrons. The van der Waals surface area contributed by atoms with Crippen molar-refractivity contribution >= 4 is 41.5 Å². The second-order valence-electron chi connectivity index (χ2n) is 4.83. The van der Waals surface area contributed by atoms with Crippen LogP contribution in [0.25, 0.3) is 0 Å². The number of benzene rings is 1. The fourth-order valence-corrected chi connectivity index (χ4v) is 5.74. The Morgan fingerprint density at radius 3 is 2.20 bits per heavy atom. The summed E-state index contributed by atoms with van der Waals surface area (Å²) >= 11 is 3.32. The van der Waals surface area contributed by atoms with E-state index in [0.29, 0.717) is 11.0 Å². The number of halogens is 1. The average Bonchev–Trinajstić information content (AvgIpc) is 2.38. The number of sulfone groups is 1. The lowest BCUT2D eigenvalue weighted by Gasteiger charge is -2.22. The van der Waals surface area contributed by atoms with E-state index in [-0.39, 0.29) is 24.3 Å². The predicted molar refractivity (Wildman–Crippen MR) is 83.3 cm³/mol. The molecule has 2 rings (SSSR count). The van der Waals surface area contributed by atoms with Crippen LogP contribution in [0.5, 0.6) is 0 Å². The minimum Gasteiger partial charge on any atom is -0.283 e. The summed E-state index contributed by atoms with van der Waals surface area (Å²) in [6.07, 6.45) is 0.328. The molecule has 1 aliphatic rings. The second-order valence-corrected chi connectivity index (χ2v) is 9.65. The molecule has 0 amide bonds. The van der Waals surface area contributed by atoms with Crippen LogP contribution >= 0.6 is 15.9 Å². The molecule has 0 spiro atoms. The van der Waals surface area contributed by atoms with Gasteiger partial charge in [-0.05, 0) is 30.5 Å². The fourth-order valence-electron chi connectivity index (χ4n) is 2.09. The molecule has 5 nitrogen and oxygen atoms in total. The van der Waals surface area contributed by atoms with Crippen LogP contribution in [0, 0.1) is 0 Å². The summed E-state index contributed by atoms with van der Waals surface area (Å²) in [7, 11) is -6.59. The Kier molecular flexibility index (Phi) is 4.76. The van der Waals surface area contributed by atoms with Crippen LogP contribution < -0.4 is 4.72 Å². The lowest BCUT2D eigenvalue weighted by atomic mass is 10.2. The van der Waals surface area contributed by atoms with Gasteiger partial charge in [0.15, 0.2) is 0 Å². The highest BCUT2D eigenvalue weighted by Gasteiger charge is 2.32. The van der Waals surface area contributed by atoms with Gasteiger partial charge in [-0.25, -0.2) is 16.8 Å². The Morgan fingerprint density at radius 2 is 1.70 bits per heavy atom. The van der Waals surface area contributed by atoms with Crippen molar-refractivity contribution in [1.29, 1.82) is 0 Å². The third kappa shape index (κ3) is 3.95. The summed E-state index contributed by atoms with van der Waals surface area (Å²) in [5, 5.41) is 0.0717. The van der Waals surface area contributed by atoms with E-state index in [4.69, 9.17) is 0 Å².